The number of β-lactam (4-membered cyclic amide) rings is 1. The lowest BCUT2D eigenvalue weighted by Gasteiger charge is -2.33. The Hall–Kier alpha value is -1.47. The van der Waals surface area contributed by atoms with Gasteiger partial charge in [-0.1, -0.05) is 12.7 Å². The van der Waals surface area contributed by atoms with Gasteiger partial charge in [-0.2, -0.15) is 11.8 Å². The number of aliphatic hydroxyl groups excluding tert-OH is 1. The fourth-order valence-corrected chi connectivity index (χ4v) is 2.64. The molecule has 0 aliphatic carbocycles. The van der Waals surface area contributed by atoms with Crippen LogP contribution in [0.2, 0.25) is 0 Å². The molecule has 0 bridgehead atoms. The van der Waals surface area contributed by atoms with Gasteiger partial charge in [-0.05, 0) is 6.08 Å². The van der Waals surface area contributed by atoms with E-state index in [1.54, 1.807) is 6.08 Å². The molecule has 2 rings (SSSR count). The lowest BCUT2D eigenvalue weighted by Crippen LogP contribution is -2.55. The van der Waals surface area contributed by atoms with Crippen LogP contribution in [0, 0.1) is 0 Å². The van der Waals surface area contributed by atoms with Crippen molar-refractivity contribution in [2.45, 2.75) is 18.7 Å². The number of thioether (sulfide) groups is 1. The first-order valence-electron chi connectivity index (χ1n) is 6.33. The second kappa shape index (κ2) is 6.81. The molecule has 0 saturated carbocycles. The van der Waals surface area contributed by atoms with Crippen LogP contribution in [0.5, 0.6) is 0 Å². The van der Waals surface area contributed by atoms with Crippen LogP contribution < -0.4 is 0 Å². The van der Waals surface area contributed by atoms with E-state index in [-0.39, 0.29) is 25.3 Å². The minimum absolute atomic E-state index is 0.104. The van der Waals surface area contributed by atoms with E-state index in [1.165, 1.54) is 22.7 Å². The first kappa shape index (κ1) is 14.9. The van der Waals surface area contributed by atoms with Crippen LogP contribution in [0.15, 0.2) is 24.5 Å². The van der Waals surface area contributed by atoms with E-state index in [1.807, 2.05) is 0 Å². The largest absolute Gasteiger partial charge is 0.472 e. The monoisotopic (exact) mass is 299 g/mol. The van der Waals surface area contributed by atoms with Crippen LogP contribution in [0.1, 0.15) is 6.42 Å². The number of esters is 1. The highest BCUT2D eigenvalue weighted by atomic mass is 32.2. The summed E-state index contributed by atoms with van der Waals surface area (Å²) in [5.41, 5.74) is 0. The molecule has 2 heterocycles. The third-order valence-corrected chi connectivity index (χ3v) is 3.85. The van der Waals surface area contributed by atoms with Crippen molar-refractivity contribution in [2.75, 3.05) is 24.7 Å². The zero-order valence-corrected chi connectivity index (χ0v) is 11.8. The molecule has 0 aromatic rings. The van der Waals surface area contributed by atoms with Gasteiger partial charge in [0.25, 0.3) is 0 Å². The molecule has 1 amide bonds. The summed E-state index contributed by atoms with van der Waals surface area (Å²) in [6, 6.07) is -0.782. The molecule has 0 spiro atoms. The fourth-order valence-electron chi connectivity index (χ4n) is 2.07. The first-order valence-corrected chi connectivity index (χ1v) is 7.48. The van der Waals surface area contributed by atoms with Crippen LogP contribution in [-0.4, -0.2) is 58.9 Å². The molecule has 20 heavy (non-hydrogen) atoms. The van der Waals surface area contributed by atoms with E-state index in [9.17, 15) is 9.59 Å². The summed E-state index contributed by atoms with van der Waals surface area (Å²) in [7, 11) is 0. The van der Waals surface area contributed by atoms with Crippen molar-refractivity contribution >= 4 is 23.6 Å². The number of amides is 1. The zero-order chi connectivity index (χ0) is 14.5. The lowest BCUT2D eigenvalue weighted by molar-refractivity contribution is -0.165. The average Bonchev–Trinajstić information content (AvgIpc) is 2.73. The second-order valence-corrected chi connectivity index (χ2v) is 5.45. The molecule has 0 aromatic heterocycles. The van der Waals surface area contributed by atoms with Gasteiger partial charge >= 0.3 is 5.97 Å². The first-order chi connectivity index (χ1) is 9.69. The number of ether oxygens (including phenoxy) is 2. The molecule has 2 fully saturated rings. The molecule has 2 unspecified atom stereocenters. The van der Waals surface area contributed by atoms with Gasteiger partial charge in [-0.15, -0.1) is 0 Å². The minimum atomic E-state index is -0.782. The van der Waals surface area contributed by atoms with Gasteiger partial charge in [-0.3, -0.25) is 9.69 Å². The van der Waals surface area contributed by atoms with Crippen molar-refractivity contribution in [1.29, 1.82) is 0 Å². The standard InChI is InChI=1S/C13H17NO5S/c1-2-5-18-13(17)12-9(3-6-20-7-4-15)19-11-8-10(16)14(11)12/h2-3,11-12,15H,1,4-8H2/b9-3-. The third-order valence-electron chi connectivity index (χ3n) is 2.97. The number of aliphatic hydroxyl groups is 1. The normalized spacial score (nSPS) is 25.9. The topological polar surface area (TPSA) is 76.1 Å². The predicted octanol–water partition coefficient (Wildman–Crippen LogP) is 0.282. The van der Waals surface area contributed by atoms with Crippen molar-refractivity contribution in [1.82, 2.24) is 4.90 Å². The highest BCUT2D eigenvalue weighted by molar-refractivity contribution is 7.99. The summed E-state index contributed by atoms with van der Waals surface area (Å²) >= 11 is 1.52. The Balaban J connectivity index is 2.03. The molecule has 0 aromatic carbocycles. The predicted molar refractivity (Wildman–Crippen MR) is 73.8 cm³/mol. The maximum Gasteiger partial charge on any atom is 0.337 e. The van der Waals surface area contributed by atoms with E-state index >= 15 is 0 Å². The number of carbonyl (C=O) groups is 2. The summed E-state index contributed by atoms with van der Waals surface area (Å²) in [5.74, 6) is 1.07. The van der Waals surface area contributed by atoms with Crippen molar-refractivity contribution < 1.29 is 24.2 Å². The Morgan fingerprint density at radius 1 is 1.65 bits per heavy atom. The van der Waals surface area contributed by atoms with Crippen LogP contribution in [0.25, 0.3) is 0 Å². The molecule has 2 atom stereocenters. The number of fused-ring (bicyclic) bond motifs is 1. The van der Waals surface area contributed by atoms with Gasteiger partial charge in [0.15, 0.2) is 12.3 Å². The second-order valence-electron chi connectivity index (χ2n) is 4.30. The average molecular weight is 299 g/mol. The number of carbonyl (C=O) groups excluding carboxylic acids is 2. The van der Waals surface area contributed by atoms with E-state index in [0.29, 0.717) is 23.7 Å². The molecule has 0 radical (unpaired) electrons. The van der Waals surface area contributed by atoms with E-state index in [2.05, 4.69) is 6.58 Å². The smallest absolute Gasteiger partial charge is 0.337 e. The van der Waals surface area contributed by atoms with Gasteiger partial charge in [0.05, 0.1) is 13.0 Å². The fraction of sp³-hybridized carbons (Fsp3) is 0.538. The molecular weight excluding hydrogens is 282 g/mol. The minimum Gasteiger partial charge on any atom is -0.472 e. The van der Waals surface area contributed by atoms with Crippen LogP contribution in [0.4, 0.5) is 0 Å². The van der Waals surface area contributed by atoms with Crippen molar-refractivity contribution in [3.8, 4) is 0 Å². The molecule has 110 valence electrons. The molecule has 2 aliphatic heterocycles. The van der Waals surface area contributed by atoms with Crippen molar-refractivity contribution in [2.24, 2.45) is 0 Å². The molecular formula is C13H17NO5S. The summed E-state index contributed by atoms with van der Waals surface area (Å²) in [4.78, 5) is 25.0. The van der Waals surface area contributed by atoms with Gasteiger partial charge in [0, 0.05) is 11.5 Å². The Morgan fingerprint density at radius 2 is 2.45 bits per heavy atom. The maximum atomic E-state index is 12.0. The van der Waals surface area contributed by atoms with Gasteiger partial charge < -0.3 is 14.6 Å². The van der Waals surface area contributed by atoms with E-state index in [4.69, 9.17) is 14.6 Å². The number of hydrogen-bond acceptors (Lipinski definition) is 6. The SMILES string of the molecule is C=CCOC(=O)C1/C(=C/CSCCO)OC2CC(=O)N21. The Morgan fingerprint density at radius 3 is 3.10 bits per heavy atom. The number of hydrogen-bond donors (Lipinski definition) is 1. The summed E-state index contributed by atoms with van der Waals surface area (Å²) < 4.78 is 10.6. The van der Waals surface area contributed by atoms with Gasteiger partial charge in [-0.25, -0.2) is 4.79 Å². The van der Waals surface area contributed by atoms with Crippen LogP contribution in [0.3, 0.4) is 0 Å². The number of rotatable bonds is 7. The van der Waals surface area contributed by atoms with Crippen molar-refractivity contribution in [3.05, 3.63) is 24.5 Å². The Labute approximate surface area is 121 Å². The van der Waals surface area contributed by atoms with Crippen LogP contribution >= 0.6 is 11.8 Å². The summed E-state index contributed by atoms with van der Waals surface area (Å²) in [6.07, 6.45) is 3.19. The van der Waals surface area contributed by atoms with Gasteiger partial charge in [0.1, 0.15) is 12.4 Å². The Bertz CT molecular complexity index is 436. The van der Waals surface area contributed by atoms with Crippen LogP contribution in [-0.2, 0) is 19.1 Å². The summed E-state index contributed by atoms with van der Waals surface area (Å²) in [6.45, 7) is 3.69. The molecule has 7 heteroatoms. The summed E-state index contributed by atoms with van der Waals surface area (Å²) in [5, 5.41) is 8.72. The molecule has 1 N–H and O–H groups in total. The molecule has 6 nitrogen and oxygen atoms in total. The molecule has 2 saturated heterocycles. The molecule has 2 aliphatic rings. The van der Waals surface area contributed by atoms with Gasteiger partial charge in [0.2, 0.25) is 5.91 Å². The highest BCUT2D eigenvalue weighted by Gasteiger charge is 2.54. The zero-order valence-electron chi connectivity index (χ0n) is 11.0. The van der Waals surface area contributed by atoms with E-state index in [0.717, 1.165) is 0 Å². The van der Waals surface area contributed by atoms with Crippen molar-refractivity contribution in [3.63, 3.8) is 0 Å². The Kier molecular flexibility index (Phi) is 5.08. The third kappa shape index (κ3) is 2.99. The number of nitrogens with zero attached hydrogens (tertiary/aromatic N) is 1. The lowest BCUT2D eigenvalue weighted by atomic mass is 10.1. The highest BCUT2D eigenvalue weighted by Crippen LogP contribution is 2.36. The van der Waals surface area contributed by atoms with E-state index < -0.39 is 12.0 Å². The quantitative estimate of drug-likeness (QED) is 0.315. The maximum absolute atomic E-state index is 12.0.